The van der Waals surface area contributed by atoms with Crippen LogP contribution in [0.4, 0.5) is 4.79 Å². The first-order valence-electron chi connectivity index (χ1n) is 6.51. The number of aliphatic hydroxyl groups is 1. The molecule has 0 aromatic carbocycles. The first-order chi connectivity index (χ1) is 8.67. The molecule has 6 heteroatoms. The second-order valence-electron chi connectivity index (χ2n) is 5.39. The number of alkyl carbamates (subject to hydrolysis) is 1. The number of aliphatic hydroxyl groups excluding tert-OH is 1. The van der Waals surface area contributed by atoms with Crippen molar-refractivity contribution in [1.29, 1.82) is 0 Å². The van der Waals surface area contributed by atoms with Crippen LogP contribution in [-0.2, 0) is 14.3 Å². The van der Waals surface area contributed by atoms with Crippen molar-refractivity contribution in [1.82, 2.24) is 5.32 Å². The van der Waals surface area contributed by atoms with E-state index in [0.29, 0.717) is 0 Å². The van der Waals surface area contributed by atoms with Crippen molar-refractivity contribution in [3.63, 3.8) is 0 Å². The monoisotopic (exact) mass is 275 g/mol. The van der Waals surface area contributed by atoms with Gasteiger partial charge >= 0.3 is 12.1 Å². The lowest BCUT2D eigenvalue weighted by molar-refractivity contribution is -0.149. The number of nitrogens with one attached hydrogen (secondary N) is 1. The normalized spacial score (nSPS) is 14.4. The SMILES string of the molecule is CCCCOC(=O)[C@H](NC(=O)OC(C)(C)C)[C@H](C)O. The standard InChI is InChI=1S/C13H25NO5/c1-6-7-8-18-11(16)10(9(2)15)14-12(17)19-13(3,4)5/h9-10,15H,6-8H2,1-5H3,(H,14,17)/t9-,10+/m0/s1. The van der Waals surface area contributed by atoms with Crippen molar-refractivity contribution in [2.24, 2.45) is 0 Å². The van der Waals surface area contributed by atoms with Gasteiger partial charge in [0, 0.05) is 0 Å². The maximum Gasteiger partial charge on any atom is 0.408 e. The van der Waals surface area contributed by atoms with Crippen molar-refractivity contribution in [3.8, 4) is 0 Å². The highest BCUT2D eigenvalue weighted by molar-refractivity contribution is 5.82. The van der Waals surface area contributed by atoms with Gasteiger partial charge in [0.2, 0.25) is 0 Å². The molecule has 2 N–H and O–H groups in total. The fourth-order valence-corrected chi connectivity index (χ4v) is 1.22. The molecule has 2 atom stereocenters. The Morgan fingerprint density at radius 2 is 1.89 bits per heavy atom. The summed E-state index contributed by atoms with van der Waals surface area (Å²) in [7, 11) is 0. The second-order valence-corrected chi connectivity index (χ2v) is 5.39. The Morgan fingerprint density at radius 1 is 1.32 bits per heavy atom. The quantitative estimate of drug-likeness (QED) is 0.568. The predicted octanol–water partition coefficient (Wildman–Crippen LogP) is 1.60. The zero-order chi connectivity index (χ0) is 15.1. The van der Waals surface area contributed by atoms with Crippen LogP contribution >= 0.6 is 0 Å². The summed E-state index contributed by atoms with van der Waals surface area (Å²) in [6, 6.07) is -1.12. The van der Waals surface area contributed by atoms with E-state index in [1.165, 1.54) is 6.92 Å². The van der Waals surface area contributed by atoms with Crippen LogP contribution in [-0.4, -0.2) is 41.5 Å². The Kier molecular flexibility index (Phi) is 7.44. The van der Waals surface area contributed by atoms with Gasteiger partial charge in [-0.1, -0.05) is 13.3 Å². The van der Waals surface area contributed by atoms with Gasteiger partial charge in [0.15, 0.2) is 6.04 Å². The summed E-state index contributed by atoms with van der Waals surface area (Å²) >= 11 is 0. The van der Waals surface area contributed by atoms with Gasteiger partial charge < -0.3 is 19.9 Å². The zero-order valence-electron chi connectivity index (χ0n) is 12.4. The molecule has 0 aromatic heterocycles. The number of carbonyl (C=O) groups excluding carboxylic acids is 2. The minimum atomic E-state index is -1.12. The largest absolute Gasteiger partial charge is 0.464 e. The van der Waals surface area contributed by atoms with Gasteiger partial charge in [0.1, 0.15) is 5.60 Å². The molecule has 0 spiro atoms. The van der Waals surface area contributed by atoms with E-state index in [-0.39, 0.29) is 6.61 Å². The van der Waals surface area contributed by atoms with Crippen molar-refractivity contribution in [3.05, 3.63) is 0 Å². The molecule has 6 nitrogen and oxygen atoms in total. The molecule has 19 heavy (non-hydrogen) atoms. The minimum Gasteiger partial charge on any atom is -0.464 e. The molecule has 0 aliphatic carbocycles. The molecule has 0 heterocycles. The van der Waals surface area contributed by atoms with Crippen molar-refractivity contribution in [2.75, 3.05) is 6.61 Å². The lowest BCUT2D eigenvalue weighted by atomic mass is 10.2. The highest BCUT2D eigenvalue weighted by Gasteiger charge is 2.29. The topological polar surface area (TPSA) is 84.9 Å². The third-order valence-electron chi connectivity index (χ3n) is 2.15. The first kappa shape index (κ1) is 17.7. The second kappa shape index (κ2) is 7.99. The third-order valence-corrected chi connectivity index (χ3v) is 2.15. The minimum absolute atomic E-state index is 0.272. The summed E-state index contributed by atoms with van der Waals surface area (Å²) in [4.78, 5) is 23.3. The molecule has 112 valence electrons. The van der Waals surface area contributed by atoms with E-state index < -0.39 is 29.8 Å². The maximum absolute atomic E-state index is 11.7. The molecule has 0 bridgehead atoms. The fraction of sp³-hybridized carbons (Fsp3) is 0.846. The highest BCUT2D eigenvalue weighted by Crippen LogP contribution is 2.08. The first-order valence-corrected chi connectivity index (χ1v) is 6.51. The molecule has 0 aliphatic heterocycles. The summed E-state index contributed by atoms with van der Waals surface area (Å²) in [6.45, 7) is 8.78. The lowest BCUT2D eigenvalue weighted by Crippen LogP contribution is -2.50. The van der Waals surface area contributed by atoms with E-state index in [1.54, 1.807) is 20.8 Å². The molecular weight excluding hydrogens is 250 g/mol. The molecule has 0 saturated carbocycles. The van der Waals surface area contributed by atoms with Crippen LogP contribution in [0.5, 0.6) is 0 Å². The van der Waals surface area contributed by atoms with Crippen LogP contribution in [0.1, 0.15) is 47.5 Å². The summed E-state index contributed by atoms with van der Waals surface area (Å²) in [5.74, 6) is -0.658. The number of hydrogen-bond acceptors (Lipinski definition) is 5. The Hall–Kier alpha value is -1.30. The summed E-state index contributed by atoms with van der Waals surface area (Å²) in [5.41, 5.74) is -0.667. The molecule has 0 unspecified atom stereocenters. The van der Waals surface area contributed by atoms with Crippen LogP contribution < -0.4 is 5.32 Å². The number of esters is 1. The molecule has 0 aliphatic rings. The number of hydrogen-bond donors (Lipinski definition) is 2. The number of rotatable bonds is 6. The highest BCUT2D eigenvalue weighted by atomic mass is 16.6. The van der Waals surface area contributed by atoms with Gasteiger partial charge in [-0.05, 0) is 34.1 Å². The van der Waals surface area contributed by atoms with E-state index in [4.69, 9.17) is 9.47 Å². The Balaban J connectivity index is 4.40. The van der Waals surface area contributed by atoms with E-state index in [0.717, 1.165) is 12.8 Å². The van der Waals surface area contributed by atoms with Crippen molar-refractivity contribution >= 4 is 12.1 Å². The molecule has 0 rings (SSSR count). The Morgan fingerprint density at radius 3 is 2.32 bits per heavy atom. The third kappa shape index (κ3) is 8.42. The van der Waals surface area contributed by atoms with Gasteiger partial charge in [-0.2, -0.15) is 0 Å². The summed E-state index contributed by atoms with van der Waals surface area (Å²) in [5, 5.41) is 11.8. The van der Waals surface area contributed by atoms with E-state index in [2.05, 4.69) is 5.32 Å². The predicted molar refractivity (Wildman–Crippen MR) is 70.7 cm³/mol. The number of ether oxygens (including phenoxy) is 2. The molecular formula is C13H25NO5. The zero-order valence-corrected chi connectivity index (χ0v) is 12.4. The van der Waals surface area contributed by atoms with Crippen molar-refractivity contribution < 1.29 is 24.2 Å². The Bertz CT molecular complexity index is 296. The Labute approximate surface area is 114 Å². The average molecular weight is 275 g/mol. The van der Waals surface area contributed by atoms with Gasteiger partial charge in [0.25, 0.3) is 0 Å². The van der Waals surface area contributed by atoms with Crippen LogP contribution in [0.25, 0.3) is 0 Å². The smallest absolute Gasteiger partial charge is 0.408 e. The maximum atomic E-state index is 11.7. The van der Waals surface area contributed by atoms with Gasteiger partial charge in [-0.25, -0.2) is 9.59 Å². The summed E-state index contributed by atoms with van der Waals surface area (Å²) in [6.07, 6.45) is -0.177. The number of amides is 1. The van der Waals surface area contributed by atoms with Gasteiger partial charge in [-0.15, -0.1) is 0 Å². The summed E-state index contributed by atoms with van der Waals surface area (Å²) < 4.78 is 9.99. The molecule has 0 fully saturated rings. The molecule has 0 radical (unpaired) electrons. The van der Waals surface area contributed by atoms with Crippen LogP contribution in [0, 0.1) is 0 Å². The molecule has 0 saturated heterocycles. The number of unbranched alkanes of at least 4 members (excludes halogenated alkanes) is 1. The van der Waals surface area contributed by atoms with Crippen LogP contribution in [0.3, 0.4) is 0 Å². The molecule has 0 aromatic rings. The lowest BCUT2D eigenvalue weighted by Gasteiger charge is -2.24. The molecule has 1 amide bonds. The van der Waals surface area contributed by atoms with E-state index in [9.17, 15) is 14.7 Å². The van der Waals surface area contributed by atoms with Crippen molar-refractivity contribution in [2.45, 2.75) is 65.2 Å². The van der Waals surface area contributed by atoms with Gasteiger partial charge in [-0.3, -0.25) is 0 Å². The van der Waals surface area contributed by atoms with E-state index >= 15 is 0 Å². The van der Waals surface area contributed by atoms with Crippen LogP contribution in [0.2, 0.25) is 0 Å². The van der Waals surface area contributed by atoms with Gasteiger partial charge in [0.05, 0.1) is 12.7 Å². The number of carbonyl (C=O) groups is 2. The van der Waals surface area contributed by atoms with Crippen LogP contribution in [0.15, 0.2) is 0 Å². The average Bonchev–Trinajstić information content (AvgIpc) is 2.23. The van der Waals surface area contributed by atoms with E-state index in [1.807, 2.05) is 6.92 Å². The fourth-order valence-electron chi connectivity index (χ4n) is 1.22.